The Morgan fingerprint density at radius 3 is 1.36 bits per heavy atom. The molecule has 0 spiro atoms. The van der Waals surface area contributed by atoms with Gasteiger partial charge < -0.3 is 60.9 Å². The molecule has 3 saturated heterocycles. The predicted molar refractivity (Wildman–Crippen MR) is 265 cm³/mol. The number of likely N-dealkylation sites (N-methyl/N-ethyl adjacent to an activating group) is 1. The number of carbonyl (C=O) groups excluding carboxylic acids is 9. The summed E-state index contributed by atoms with van der Waals surface area (Å²) in [6.07, 6.45) is 4.78. The fraction of sp³-hybridized carbons (Fsp3) is 0.761. The number of aliphatic hydroxyl groups excluding tert-OH is 1. The van der Waals surface area contributed by atoms with Crippen LogP contribution < -0.4 is 21.7 Å². The average molecular weight is 963 g/mol. The second-order valence-electron chi connectivity index (χ2n) is 15.9. The number of piperidine rings is 1. The summed E-state index contributed by atoms with van der Waals surface area (Å²) in [7, 11) is 11.1. The van der Waals surface area contributed by atoms with Gasteiger partial charge in [-0.3, -0.25) is 43.2 Å². The van der Waals surface area contributed by atoms with Gasteiger partial charge in [-0.1, -0.05) is 6.58 Å². The summed E-state index contributed by atoms with van der Waals surface area (Å²) in [6.45, 7) is 30.5. The summed E-state index contributed by atoms with van der Waals surface area (Å²) >= 11 is 0. The van der Waals surface area contributed by atoms with Crippen molar-refractivity contribution in [3.8, 4) is 0 Å². The summed E-state index contributed by atoms with van der Waals surface area (Å²) in [6, 6.07) is 0.275. The molecule has 21 heteroatoms. The Hall–Kier alpha value is -5.15. The number of nitrogens with one attached hydrogen (secondary N) is 3. The van der Waals surface area contributed by atoms with Crippen molar-refractivity contribution in [2.45, 2.75) is 114 Å². The topological polar surface area (TPSA) is 265 Å². The lowest BCUT2D eigenvalue weighted by molar-refractivity contribution is -0.133. The maximum atomic E-state index is 11.0. The number of hydrogen-bond acceptors (Lipinski definition) is 12. The second kappa shape index (κ2) is 48.8. The van der Waals surface area contributed by atoms with E-state index >= 15 is 0 Å². The maximum Gasteiger partial charge on any atom is 0.248 e. The standard InChI is InChI=1S/C7H16N2O.C7H11NO.C6H11NO2.C6H13NO.C5H9NO.C5H11NO.C4H9NO2.C4H9NO.C2H5NO/c1-7(10)8-5-4-6-9(2)3;1-6-4-3-5-8(2)7(6)9;1-6(8)7-2-4-9-5-3-7;1-4-7(5-2)6(3)8;1-6-4-2-3-5(6)7;1-4(2)6-5(3)7;1-4(7)5-2-3-6;1-4(6)5(2)3;1-2(3)4/h4-6H2,1-3H3,(H,8,10);1,3-5H2,2H3;2-5H2,1H3;4-5H2,1-3H3;2-4H2,1H3;4H,1-3H3,(H,6,7);6H,2-3H2,1H3,(H,5,7);1-3H3;1H3,(H2,3,4). The third-order valence-corrected chi connectivity index (χ3v) is 8.36. The minimum absolute atomic E-state index is 0.0135. The van der Waals surface area contributed by atoms with Gasteiger partial charge in [-0.15, -0.1) is 0 Å². The molecule has 3 heterocycles. The molecule has 0 bridgehead atoms. The molecule has 0 aliphatic carbocycles. The van der Waals surface area contributed by atoms with Crippen LogP contribution in [0.2, 0.25) is 0 Å². The van der Waals surface area contributed by atoms with E-state index in [1.807, 2.05) is 55.9 Å². The van der Waals surface area contributed by atoms with Gasteiger partial charge in [0.25, 0.3) is 0 Å². The van der Waals surface area contributed by atoms with Crippen molar-refractivity contribution in [2.75, 3.05) is 121 Å². The van der Waals surface area contributed by atoms with Crippen LogP contribution in [0.25, 0.3) is 0 Å². The van der Waals surface area contributed by atoms with Crippen molar-refractivity contribution in [2.24, 2.45) is 5.73 Å². The van der Waals surface area contributed by atoms with Crippen molar-refractivity contribution in [1.29, 1.82) is 0 Å². The normalized spacial score (nSPS) is 13.1. The first-order valence-corrected chi connectivity index (χ1v) is 22.7. The SMILES string of the molecule is C=C1CCCN(C)C1=O.CC(=O)N(C)C.CC(=O)N1CCOCC1.CC(=O)NC(C)C.CC(=O)NCCCN(C)C.CC(=O)NCCO.CC(N)=O.CCN(CC)C(C)=O.CN1CCCC1=O. The van der Waals surface area contributed by atoms with Crippen LogP contribution in [0.1, 0.15) is 108 Å². The van der Waals surface area contributed by atoms with Crippen molar-refractivity contribution >= 4 is 53.2 Å². The number of nitrogens with two attached hydrogens (primary N) is 1. The maximum absolute atomic E-state index is 11.0. The first kappa shape index (κ1) is 73.4. The zero-order chi connectivity index (χ0) is 53.7. The lowest BCUT2D eigenvalue weighted by atomic mass is 10.1. The minimum atomic E-state index is -0.333. The summed E-state index contributed by atoms with van der Waals surface area (Å²) in [5, 5.41) is 15.9. The first-order chi connectivity index (χ1) is 30.9. The molecule has 3 rings (SSSR count). The number of nitrogens with zero attached hydrogens (tertiary/aromatic N) is 6. The van der Waals surface area contributed by atoms with Gasteiger partial charge >= 0.3 is 0 Å². The fourth-order valence-electron chi connectivity index (χ4n) is 4.64. The number of morpholine rings is 1. The third kappa shape index (κ3) is 63.0. The van der Waals surface area contributed by atoms with Crippen LogP contribution in [-0.2, 0) is 47.9 Å². The van der Waals surface area contributed by atoms with E-state index in [-0.39, 0.29) is 59.9 Å². The molecular formula is C46H94N10O11. The lowest BCUT2D eigenvalue weighted by Gasteiger charge is -2.25. The van der Waals surface area contributed by atoms with E-state index < -0.39 is 0 Å². The minimum Gasteiger partial charge on any atom is -0.395 e. The van der Waals surface area contributed by atoms with Gasteiger partial charge in [0.1, 0.15) is 0 Å². The highest BCUT2D eigenvalue weighted by atomic mass is 16.5. The molecule has 394 valence electrons. The Morgan fingerprint density at radius 2 is 1.16 bits per heavy atom. The van der Waals surface area contributed by atoms with E-state index in [1.165, 1.54) is 39.5 Å². The van der Waals surface area contributed by atoms with Crippen molar-refractivity contribution in [3.05, 3.63) is 12.2 Å². The van der Waals surface area contributed by atoms with E-state index in [0.29, 0.717) is 25.7 Å². The quantitative estimate of drug-likeness (QED) is 0.161. The lowest BCUT2D eigenvalue weighted by Crippen LogP contribution is -2.39. The summed E-state index contributed by atoms with van der Waals surface area (Å²) in [4.78, 5) is 103. The van der Waals surface area contributed by atoms with Crippen LogP contribution in [-0.4, -0.2) is 215 Å². The van der Waals surface area contributed by atoms with E-state index in [9.17, 15) is 43.2 Å². The van der Waals surface area contributed by atoms with Gasteiger partial charge in [0.15, 0.2) is 0 Å². The van der Waals surface area contributed by atoms with Crippen LogP contribution in [0.15, 0.2) is 12.2 Å². The highest BCUT2D eigenvalue weighted by Gasteiger charge is 2.17. The first-order valence-electron chi connectivity index (χ1n) is 22.7. The van der Waals surface area contributed by atoms with Crippen molar-refractivity contribution < 1.29 is 53.0 Å². The van der Waals surface area contributed by atoms with Crippen LogP contribution in [0.5, 0.6) is 0 Å². The molecule has 0 unspecified atom stereocenters. The van der Waals surface area contributed by atoms with Crippen LogP contribution >= 0.6 is 0 Å². The Kier molecular flexibility index (Phi) is 53.4. The second-order valence-corrected chi connectivity index (χ2v) is 15.9. The zero-order valence-electron chi connectivity index (χ0n) is 44.6. The monoisotopic (exact) mass is 963 g/mol. The molecule has 0 atom stereocenters. The summed E-state index contributed by atoms with van der Waals surface area (Å²) < 4.78 is 5.06. The van der Waals surface area contributed by atoms with E-state index in [4.69, 9.17) is 9.84 Å². The van der Waals surface area contributed by atoms with Crippen molar-refractivity contribution in [1.82, 2.24) is 45.3 Å². The Bertz CT molecular complexity index is 1380. The number of amides is 9. The molecule has 0 saturated carbocycles. The molecule has 0 aromatic carbocycles. The zero-order valence-corrected chi connectivity index (χ0v) is 44.6. The Labute approximate surface area is 403 Å². The molecule has 0 aromatic rings. The van der Waals surface area contributed by atoms with E-state index in [1.54, 1.807) is 47.5 Å². The molecular weight excluding hydrogens is 869 g/mol. The average Bonchev–Trinajstić information content (AvgIpc) is 3.60. The van der Waals surface area contributed by atoms with Gasteiger partial charge in [0, 0.05) is 147 Å². The number of carbonyl (C=O) groups is 9. The van der Waals surface area contributed by atoms with Gasteiger partial charge in [0.2, 0.25) is 53.2 Å². The molecule has 3 aliphatic heterocycles. The smallest absolute Gasteiger partial charge is 0.248 e. The number of hydrogen-bond donors (Lipinski definition) is 5. The molecule has 0 radical (unpaired) electrons. The predicted octanol–water partition coefficient (Wildman–Crippen LogP) is 1.08. The molecule has 0 aromatic heterocycles. The highest BCUT2D eigenvalue weighted by molar-refractivity contribution is 5.93. The number of rotatable bonds is 9. The van der Waals surface area contributed by atoms with Gasteiger partial charge in [0.05, 0.1) is 19.8 Å². The van der Waals surface area contributed by atoms with Gasteiger partial charge in [-0.05, 0) is 74.0 Å². The number of primary amides is 1. The third-order valence-electron chi connectivity index (χ3n) is 8.36. The molecule has 9 amide bonds. The van der Waals surface area contributed by atoms with Crippen LogP contribution in [0.4, 0.5) is 0 Å². The largest absolute Gasteiger partial charge is 0.395 e. The number of aliphatic hydroxyl groups is 1. The molecule has 6 N–H and O–H groups in total. The van der Waals surface area contributed by atoms with Crippen LogP contribution in [0, 0.1) is 0 Å². The molecule has 3 fully saturated rings. The van der Waals surface area contributed by atoms with Gasteiger partial charge in [-0.25, -0.2) is 0 Å². The van der Waals surface area contributed by atoms with Crippen molar-refractivity contribution in [3.63, 3.8) is 0 Å². The fourth-order valence-corrected chi connectivity index (χ4v) is 4.64. The number of ether oxygens (including phenoxy) is 1. The molecule has 67 heavy (non-hydrogen) atoms. The highest BCUT2D eigenvalue weighted by Crippen LogP contribution is 2.12. The van der Waals surface area contributed by atoms with Gasteiger partial charge in [-0.2, -0.15) is 0 Å². The Balaban J connectivity index is -0.000000158. The van der Waals surface area contributed by atoms with E-state index in [2.05, 4.69) is 33.2 Å². The Morgan fingerprint density at radius 1 is 0.731 bits per heavy atom. The summed E-state index contributed by atoms with van der Waals surface area (Å²) in [5.41, 5.74) is 5.23. The molecule has 3 aliphatic rings. The summed E-state index contributed by atoms with van der Waals surface area (Å²) in [5.74, 6) is 0.465. The van der Waals surface area contributed by atoms with E-state index in [0.717, 1.165) is 90.0 Å². The molecule has 21 nitrogen and oxygen atoms in total. The number of likely N-dealkylation sites (tertiary alicyclic amines) is 2. The van der Waals surface area contributed by atoms with Crippen LogP contribution in [0.3, 0.4) is 0 Å².